The third-order valence-corrected chi connectivity index (χ3v) is 6.81. The first-order valence-corrected chi connectivity index (χ1v) is 13.1. The van der Waals surface area contributed by atoms with Crippen molar-refractivity contribution in [1.29, 1.82) is 5.26 Å². The van der Waals surface area contributed by atoms with Crippen molar-refractivity contribution in [1.82, 2.24) is 0 Å². The van der Waals surface area contributed by atoms with E-state index in [0.717, 1.165) is 11.1 Å². The molecule has 6 nitrogen and oxygen atoms in total. The molecule has 0 spiro atoms. The second-order valence-corrected chi connectivity index (χ2v) is 9.70. The minimum Gasteiger partial charge on any atom is -0.493 e. The van der Waals surface area contributed by atoms with Gasteiger partial charge in [0.15, 0.2) is 11.5 Å². The second kappa shape index (κ2) is 13.8. The molecular formula is C31H23Cl3N2O4. The highest BCUT2D eigenvalue weighted by Crippen LogP contribution is 2.31. The lowest BCUT2D eigenvalue weighted by Crippen LogP contribution is -2.13. The van der Waals surface area contributed by atoms with Crippen LogP contribution in [0.3, 0.4) is 0 Å². The summed E-state index contributed by atoms with van der Waals surface area (Å²) in [7, 11) is 1.51. The normalized spacial score (nSPS) is 10.9. The largest absolute Gasteiger partial charge is 0.493 e. The molecule has 0 aliphatic carbocycles. The number of benzene rings is 4. The third-order valence-electron chi connectivity index (χ3n) is 5.71. The van der Waals surface area contributed by atoms with Crippen LogP contribution in [0, 0.1) is 11.3 Å². The third kappa shape index (κ3) is 7.71. The van der Waals surface area contributed by atoms with E-state index in [1.165, 1.54) is 13.2 Å². The van der Waals surface area contributed by atoms with Crippen molar-refractivity contribution < 1.29 is 19.0 Å². The fourth-order valence-corrected chi connectivity index (χ4v) is 4.12. The maximum absolute atomic E-state index is 12.8. The van der Waals surface area contributed by atoms with Gasteiger partial charge in [-0.3, -0.25) is 4.79 Å². The van der Waals surface area contributed by atoms with Gasteiger partial charge in [-0.1, -0.05) is 65.1 Å². The summed E-state index contributed by atoms with van der Waals surface area (Å²) in [5, 5.41) is 13.9. The number of anilines is 1. The van der Waals surface area contributed by atoms with E-state index in [0.29, 0.717) is 50.2 Å². The molecule has 0 fully saturated rings. The van der Waals surface area contributed by atoms with Crippen LogP contribution >= 0.6 is 34.8 Å². The van der Waals surface area contributed by atoms with E-state index >= 15 is 0 Å². The molecule has 1 amide bonds. The maximum Gasteiger partial charge on any atom is 0.266 e. The summed E-state index contributed by atoms with van der Waals surface area (Å²) in [6.07, 6.45) is 1.47. The van der Waals surface area contributed by atoms with Crippen LogP contribution < -0.4 is 19.5 Å². The number of nitrogens with one attached hydrogen (secondary N) is 1. The molecule has 9 heteroatoms. The van der Waals surface area contributed by atoms with Gasteiger partial charge in [0.2, 0.25) is 0 Å². The molecule has 0 heterocycles. The van der Waals surface area contributed by atoms with Gasteiger partial charge < -0.3 is 19.5 Å². The van der Waals surface area contributed by atoms with E-state index in [9.17, 15) is 10.1 Å². The first-order valence-electron chi connectivity index (χ1n) is 12.0. The zero-order valence-corrected chi connectivity index (χ0v) is 23.6. The average Bonchev–Trinajstić information content (AvgIpc) is 2.97. The van der Waals surface area contributed by atoms with Crippen molar-refractivity contribution in [2.45, 2.75) is 13.2 Å². The van der Waals surface area contributed by atoms with Gasteiger partial charge in [0.05, 0.1) is 17.2 Å². The molecule has 0 aliphatic rings. The van der Waals surface area contributed by atoms with E-state index < -0.39 is 5.91 Å². The molecule has 202 valence electrons. The van der Waals surface area contributed by atoms with Gasteiger partial charge in [-0.15, -0.1) is 0 Å². The number of halogens is 3. The molecular weight excluding hydrogens is 571 g/mol. The zero-order chi connectivity index (χ0) is 28.5. The van der Waals surface area contributed by atoms with Crippen LogP contribution in [0.1, 0.15) is 16.7 Å². The molecule has 4 rings (SSSR count). The van der Waals surface area contributed by atoms with Crippen LogP contribution in [-0.4, -0.2) is 13.0 Å². The van der Waals surface area contributed by atoms with Gasteiger partial charge in [-0.25, -0.2) is 0 Å². The van der Waals surface area contributed by atoms with Crippen LogP contribution in [0.2, 0.25) is 15.1 Å². The van der Waals surface area contributed by atoms with Crippen molar-refractivity contribution in [3.63, 3.8) is 0 Å². The molecule has 0 aromatic heterocycles. The minimum absolute atomic E-state index is 0.0782. The lowest BCUT2D eigenvalue weighted by molar-refractivity contribution is -0.112. The van der Waals surface area contributed by atoms with E-state index in [1.54, 1.807) is 60.7 Å². The number of carbonyl (C=O) groups excluding carboxylic acids is 1. The molecule has 0 radical (unpaired) electrons. The molecule has 0 atom stereocenters. The summed E-state index contributed by atoms with van der Waals surface area (Å²) >= 11 is 18.2. The Bertz CT molecular complexity index is 1580. The lowest BCUT2D eigenvalue weighted by Gasteiger charge is -2.12. The standard InChI is InChI=1S/C31H23Cl3N2O4/c1-38-30-16-20(7-13-29(30)40-18-21-6-12-27(33)28(34)15-21)14-23(17-35)31(37)36-24-8-10-25(11-9-24)39-19-22-4-2-3-5-26(22)32/h2-16H,18-19H2,1H3,(H,36,37)/b23-14+. The average molecular weight is 594 g/mol. The molecule has 4 aromatic carbocycles. The first kappa shape index (κ1) is 28.8. The fourth-order valence-electron chi connectivity index (χ4n) is 3.61. The van der Waals surface area contributed by atoms with Crippen molar-refractivity contribution in [3.8, 4) is 23.3 Å². The smallest absolute Gasteiger partial charge is 0.266 e. The summed E-state index contributed by atoms with van der Waals surface area (Å²) in [4.78, 5) is 12.8. The van der Waals surface area contributed by atoms with Crippen molar-refractivity contribution >= 4 is 52.5 Å². The van der Waals surface area contributed by atoms with E-state index in [4.69, 9.17) is 49.0 Å². The van der Waals surface area contributed by atoms with Gasteiger partial charge >= 0.3 is 0 Å². The number of methoxy groups -OCH3 is 1. The minimum atomic E-state index is -0.550. The number of ether oxygens (including phenoxy) is 3. The van der Waals surface area contributed by atoms with Crippen LogP contribution in [0.4, 0.5) is 5.69 Å². The van der Waals surface area contributed by atoms with Crippen molar-refractivity contribution in [2.75, 3.05) is 12.4 Å². The predicted octanol–water partition coefficient (Wildman–Crippen LogP) is 8.36. The van der Waals surface area contributed by atoms with Crippen molar-refractivity contribution in [2.24, 2.45) is 0 Å². The topological polar surface area (TPSA) is 80.6 Å². The van der Waals surface area contributed by atoms with Gasteiger partial charge in [-0.05, 0) is 71.8 Å². The molecule has 0 aliphatic heterocycles. The summed E-state index contributed by atoms with van der Waals surface area (Å²) < 4.78 is 17.1. The fraction of sp³-hybridized carbons (Fsp3) is 0.0968. The van der Waals surface area contributed by atoms with Crippen LogP contribution in [-0.2, 0) is 18.0 Å². The Morgan fingerprint density at radius 3 is 2.33 bits per heavy atom. The summed E-state index contributed by atoms with van der Waals surface area (Å²) in [5.41, 5.74) is 2.73. The molecule has 0 bridgehead atoms. The molecule has 40 heavy (non-hydrogen) atoms. The number of nitrogens with zero attached hydrogens (tertiary/aromatic N) is 1. The number of rotatable bonds is 10. The van der Waals surface area contributed by atoms with Gasteiger partial charge in [-0.2, -0.15) is 5.26 Å². The van der Waals surface area contributed by atoms with E-state index in [2.05, 4.69) is 5.32 Å². The Hall–Kier alpha value is -4.15. The highest BCUT2D eigenvalue weighted by Gasteiger charge is 2.12. The van der Waals surface area contributed by atoms with Gasteiger partial charge in [0.25, 0.3) is 5.91 Å². The quantitative estimate of drug-likeness (QED) is 0.148. The summed E-state index contributed by atoms with van der Waals surface area (Å²) in [6, 6.07) is 26.6. The lowest BCUT2D eigenvalue weighted by atomic mass is 10.1. The van der Waals surface area contributed by atoms with Crippen molar-refractivity contribution in [3.05, 3.63) is 122 Å². The van der Waals surface area contributed by atoms with Crippen LogP contribution in [0.15, 0.2) is 90.5 Å². The number of amides is 1. The SMILES string of the molecule is COc1cc(/C=C(\C#N)C(=O)Nc2ccc(OCc3ccccc3Cl)cc2)ccc1OCc1ccc(Cl)c(Cl)c1. The van der Waals surface area contributed by atoms with E-state index in [1.807, 2.05) is 30.3 Å². The number of hydrogen-bond acceptors (Lipinski definition) is 5. The summed E-state index contributed by atoms with van der Waals surface area (Å²) in [6.45, 7) is 0.563. The van der Waals surface area contributed by atoms with Crippen LogP contribution in [0.25, 0.3) is 6.08 Å². The number of carbonyl (C=O) groups is 1. The summed E-state index contributed by atoms with van der Waals surface area (Å²) in [5.74, 6) is 0.998. The second-order valence-electron chi connectivity index (χ2n) is 8.48. The van der Waals surface area contributed by atoms with Crippen LogP contribution in [0.5, 0.6) is 17.2 Å². The first-order chi connectivity index (χ1) is 19.4. The molecule has 0 saturated heterocycles. The maximum atomic E-state index is 12.8. The number of hydrogen-bond donors (Lipinski definition) is 1. The molecule has 0 unspecified atom stereocenters. The number of nitriles is 1. The Kier molecular flexibility index (Phi) is 9.93. The van der Waals surface area contributed by atoms with Gasteiger partial charge in [0.1, 0.15) is 30.6 Å². The highest BCUT2D eigenvalue weighted by atomic mass is 35.5. The Labute approximate surface area is 247 Å². The predicted molar refractivity (Wildman–Crippen MR) is 158 cm³/mol. The molecule has 1 N–H and O–H groups in total. The highest BCUT2D eigenvalue weighted by molar-refractivity contribution is 6.42. The Morgan fingerprint density at radius 1 is 0.850 bits per heavy atom. The molecule has 4 aromatic rings. The van der Waals surface area contributed by atoms with E-state index in [-0.39, 0.29) is 12.2 Å². The monoisotopic (exact) mass is 592 g/mol. The van der Waals surface area contributed by atoms with Gasteiger partial charge in [0, 0.05) is 16.3 Å². The molecule has 0 saturated carbocycles. The Balaban J connectivity index is 1.39. The Morgan fingerprint density at radius 2 is 1.62 bits per heavy atom. The zero-order valence-electron chi connectivity index (χ0n) is 21.3.